The third-order valence-electron chi connectivity index (χ3n) is 4.17. The van der Waals surface area contributed by atoms with Crippen LogP contribution in [0.15, 0.2) is 18.2 Å². The van der Waals surface area contributed by atoms with Crippen molar-refractivity contribution in [3.05, 3.63) is 29.3 Å². The van der Waals surface area contributed by atoms with Crippen LogP contribution < -0.4 is 5.32 Å². The van der Waals surface area contributed by atoms with Crippen molar-refractivity contribution in [2.24, 2.45) is 0 Å². The smallest absolute Gasteiger partial charge is 0.411 e. The Morgan fingerprint density at radius 2 is 1.93 bits per heavy atom. The first kappa shape index (κ1) is 20.7. The molecule has 1 aliphatic rings. The highest BCUT2D eigenvalue weighted by Crippen LogP contribution is 2.22. The standard InChI is InChI=1S/C20H28N2O5/c1-13-8-9-14(2)15(11-13)21-17(23)12-26-18(24)16-7-6-10-22(16)19(25)27-20(3,4)5/h8-9,11,16H,6-7,10,12H2,1-5H3,(H,21,23)/t16-/m0/s1. The zero-order valence-corrected chi connectivity index (χ0v) is 16.6. The fourth-order valence-electron chi connectivity index (χ4n) is 2.84. The molecule has 2 amide bonds. The molecule has 1 N–H and O–H groups in total. The third-order valence-corrected chi connectivity index (χ3v) is 4.17. The first-order chi connectivity index (χ1) is 12.6. The summed E-state index contributed by atoms with van der Waals surface area (Å²) in [7, 11) is 0. The van der Waals surface area contributed by atoms with Crippen LogP contribution in [0, 0.1) is 13.8 Å². The Labute approximate surface area is 160 Å². The number of aryl methyl sites for hydroxylation is 2. The van der Waals surface area contributed by atoms with Crippen LogP contribution in [0.5, 0.6) is 0 Å². The molecule has 1 heterocycles. The van der Waals surface area contributed by atoms with E-state index < -0.39 is 36.2 Å². The Morgan fingerprint density at radius 1 is 1.22 bits per heavy atom. The van der Waals surface area contributed by atoms with E-state index in [4.69, 9.17) is 9.47 Å². The Kier molecular flexibility index (Phi) is 6.46. The van der Waals surface area contributed by atoms with E-state index in [0.29, 0.717) is 25.1 Å². The molecule has 0 radical (unpaired) electrons. The van der Waals surface area contributed by atoms with Gasteiger partial charge in [-0.25, -0.2) is 9.59 Å². The number of likely N-dealkylation sites (tertiary alicyclic amines) is 1. The molecule has 0 spiro atoms. The van der Waals surface area contributed by atoms with E-state index in [1.54, 1.807) is 20.8 Å². The van der Waals surface area contributed by atoms with Gasteiger partial charge in [-0.3, -0.25) is 9.69 Å². The lowest BCUT2D eigenvalue weighted by Gasteiger charge is -2.27. The zero-order valence-electron chi connectivity index (χ0n) is 16.6. The van der Waals surface area contributed by atoms with E-state index in [2.05, 4.69) is 5.32 Å². The molecule has 1 aliphatic heterocycles. The third kappa shape index (κ3) is 5.98. The molecule has 0 unspecified atom stereocenters. The second-order valence-electron chi connectivity index (χ2n) is 7.81. The highest BCUT2D eigenvalue weighted by molar-refractivity contribution is 5.94. The molecule has 7 heteroatoms. The van der Waals surface area contributed by atoms with Gasteiger partial charge in [0.15, 0.2) is 6.61 Å². The molecule has 1 aromatic rings. The number of ether oxygens (including phenoxy) is 2. The van der Waals surface area contributed by atoms with E-state index >= 15 is 0 Å². The summed E-state index contributed by atoms with van der Waals surface area (Å²) in [5.41, 5.74) is 1.99. The number of benzene rings is 1. The molecule has 1 saturated heterocycles. The number of nitrogens with zero attached hydrogens (tertiary/aromatic N) is 1. The lowest BCUT2D eigenvalue weighted by Crippen LogP contribution is -2.44. The quantitative estimate of drug-likeness (QED) is 0.816. The van der Waals surface area contributed by atoms with Gasteiger partial charge in [-0.15, -0.1) is 0 Å². The molecule has 27 heavy (non-hydrogen) atoms. The normalized spacial score (nSPS) is 16.8. The second-order valence-corrected chi connectivity index (χ2v) is 7.81. The molecule has 0 saturated carbocycles. The molecule has 1 atom stereocenters. The number of nitrogens with one attached hydrogen (secondary N) is 1. The first-order valence-corrected chi connectivity index (χ1v) is 9.10. The maximum absolute atomic E-state index is 12.4. The number of amides is 2. The highest BCUT2D eigenvalue weighted by Gasteiger charge is 2.37. The van der Waals surface area contributed by atoms with E-state index in [1.807, 2.05) is 32.0 Å². The molecular formula is C20H28N2O5. The molecule has 1 fully saturated rings. The number of rotatable bonds is 4. The van der Waals surface area contributed by atoms with Gasteiger partial charge in [0.25, 0.3) is 5.91 Å². The number of anilines is 1. The van der Waals surface area contributed by atoms with Crippen molar-refractivity contribution in [3.8, 4) is 0 Å². The number of esters is 1. The summed E-state index contributed by atoms with van der Waals surface area (Å²) >= 11 is 0. The van der Waals surface area contributed by atoms with Crippen molar-refractivity contribution < 1.29 is 23.9 Å². The molecular weight excluding hydrogens is 348 g/mol. The van der Waals surface area contributed by atoms with Crippen molar-refractivity contribution in [2.75, 3.05) is 18.5 Å². The SMILES string of the molecule is Cc1ccc(C)c(NC(=O)COC(=O)[C@@H]2CCCN2C(=O)OC(C)(C)C)c1. The average molecular weight is 376 g/mol. The van der Waals surface area contributed by atoms with Gasteiger partial charge in [0, 0.05) is 12.2 Å². The number of carbonyl (C=O) groups excluding carboxylic acids is 3. The Hall–Kier alpha value is -2.57. The Morgan fingerprint density at radius 3 is 2.59 bits per heavy atom. The minimum absolute atomic E-state index is 0.398. The van der Waals surface area contributed by atoms with Crippen LogP contribution in [0.25, 0.3) is 0 Å². The molecule has 148 valence electrons. The lowest BCUT2D eigenvalue weighted by molar-refractivity contribution is -0.151. The summed E-state index contributed by atoms with van der Waals surface area (Å²) in [4.78, 5) is 38.1. The average Bonchev–Trinajstić information content (AvgIpc) is 3.04. The van der Waals surface area contributed by atoms with Crippen LogP contribution in [0.2, 0.25) is 0 Å². The number of carbonyl (C=O) groups is 3. The van der Waals surface area contributed by atoms with Crippen LogP contribution in [0.4, 0.5) is 10.5 Å². The van der Waals surface area contributed by atoms with Gasteiger partial charge in [0.2, 0.25) is 0 Å². The van der Waals surface area contributed by atoms with Gasteiger partial charge in [-0.05, 0) is 64.7 Å². The van der Waals surface area contributed by atoms with Gasteiger partial charge in [0.1, 0.15) is 11.6 Å². The summed E-state index contributed by atoms with van der Waals surface area (Å²) in [6.07, 6.45) is 0.645. The largest absolute Gasteiger partial charge is 0.454 e. The number of hydrogen-bond donors (Lipinski definition) is 1. The van der Waals surface area contributed by atoms with Crippen molar-refractivity contribution in [1.82, 2.24) is 4.90 Å². The van der Waals surface area contributed by atoms with Crippen molar-refractivity contribution >= 4 is 23.7 Å². The summed E-state index contributed by atoms with van der Waals surface area (Å²) in [5, 5.41) is 2.74. The predicted octanol–water partition coefficient (Wildman–Crippen LogP) is 3.18. The van der Waals surface area contributed by atoms with Crippen molar-refractivity contribution in [1.29, 1.82) is 0 Å². The Balaban J connectivity index is 1.89. The van der Waals surface area contributed by atoms with Gasteiger partial charge in [-0.1, -0.05) is 12.1 Å². The van der Waals surface area contributed by atoms with E-state index in [0.717, 1.165) is 11.1 Å². The van der Waals surface area contributed by atoms with Crippen LogP contribution in [-0.4, -0.2) is 47.7 Å². The maximum Gasteiger partial charge on any atom is 0.411 e. The van der Waals surface area contributed by atoms with Gasteiger partial charge in [-0.2, -0.15) is 0 Å². The zero-order chi connectivity index (χ0) is 20.2. The van der Waals surface area contributed by atoms with Crippen molar-refractivity contribution in [2.45, 2.75) is 59.1 Å². The summed E-state index contributed by atoms with van der Waals surface area (Å²) in [6.45, 7) is 9.16. The number of hydrogen-bond acceptors (Lipinski definition) is 5. The molecule has 7 nitrogen and oxygen atoms in total. The summed E-state index contributed by atoms with van der Waals surface area (Å²) in [6, 6.07) is 5.01. The fraction of sp³-hybridized carbons (Fsp3) is 0.550. The van der Waals surface area contributed by atoms with E-state index in [-0.39, 0.29) is 0 Å². The molecule has 0 aliphatic carbocycles. The molecule has 0 bridgehead atoms. The molecule has 1 aromatic carbocycles. The summed E-state index contributed by atoms with van der Waals surface area (Å²) < 4.78 is 10.5. The topological polar surface area (TPSA) is 84.9 Å². The molecule has 2 rings (SSSR count). The maximum atomic E-state index is 12.4. The van der Waals surface area contributed by atoms with E-state index in [9.17, 15) is 14.4 Å². The Bertz CT molecular complexity index is 724. The minimum atomic E-state index is -0.714. The second kappa shape index (κ2) is 8.41. The van der Waals surface area contributed by atoms with Crippen LogP contribution in [0.3, 0.4) is 0 Å². The van der Waals surface area contributed by atoms with Gasteiger partial charge >= 0.3 is 12.1 Å². The summed E-state index contributed by atoms with van der Waals surface area (Å²) in [5.74, 6) is -1.01. The van der Waals surface area contributed by atoms with Gasteiger partial charge in [0.05, 0.1) is 0 Å². The first-order valence-electron chi connectivity index (χ1n) is 9.10. The van der Waals surface area contributed by atoms with Gasteiger partial charge < -0.3 is 14.8 Å². The molecule has 0 aromatic heterocycles. The highest BCUT2D eigenvalue weighted by atomic mass is 16.6. The van der Waals surface area contributed by atoms with Crippen LogP contribution in [-0.2, 0) is 19.1 Å². The monoisotopic (exact) mass is 376 g/mol. The fourth-order valence-corrected chi connectivity index (χ4v) is 2.84. The van der Waals surface area contributed by atoms with E-state index in [1.165, 1.54) is 4.90 Å². The van der Waals surface area contributed by atoms with Crippen LogP contribution in [0.1, 0.15) is 44.7 Å². The van der Waals surface area contributed by atoms with Crippen molar-refractivity contribution in [3.63, 3.8) is 0 Å². The lowest BCUT2D eigenvalue weighted by atomic mass is 10.1. The minimum Gasteiger partial charge on any atom is -0.454 e. The van der Waals surface area contributed by atoms with Crippen LogP contribution >= 0.6 is 0 Å². The predicted molar refractivity (Wildman–Crippen MR) is 101 cm³/mol.